The lowest BCUT2D eigenvalue weighted by molar-refractivity contribution is -0.117. The number of carbonyl (C=O) groups is 1. The SMILES string of the molecule is [C-]#[N+]CC(=O)NS(C)(=O)=O. The molecule has 0 saturated carbocycles. The lowest BCUT2D eigenvalue weighted by Gasteiger charge is -1.93. The number of rotatable bonds is 2. The molecule has 0 aliphatic carbocycles. The minimum Gasteiger partial charge on any atom is -0.306 e. The molecule has 1 N–H and O–H groups in total. The molecule has 6 heteroatoms. The van der Waals surface area contributed by atoms with Gasteiger partial charge in [-0.2, -0.15) is 0 Å². The summed E-state index contributed by atoms with van der Waals surface area (Å²) in [7, 11) is -3.49. The van der Waals surface area contributed by atoms with Crippen molar-refractivity contribution in [2.75, 3.05) is 12.8 Å². The molecule has 5 nitrogen and oxygen atoms in total. The van der Waals surface area contributed by atoms with E-state index in [0.717, 1.165) is 6.26 Å². The normalized spacial score (nSPS) is 10.0. The standard InChI is InChI=1S/C4H6N2O3S/c1-5-3-4(7)6-10(2,8)9/h3H2,2H3,(H,6,7). The molecule has 0 rings (SSSR count). The largest absolute Gasteiger partial charge is 0.313 e. The summed E-state index contributed by atoms with van der Waals surface area (Å²) >= 11 is 0. The van der Waals surface area contributed by atoms with Crippen molar-refractivity contribution in [1.29, 1.82) is 0 Å². The summed E-state index contributed by atoms with van der Waals surface area (Å²) < 4.78 is 22.2. The Labute approximate surface area is 58.9 Å². The van der Waals surface area contributed by atoms with E-state index < -0.39 is 22.5 Å². The fourth-order valence-electron chi connectivity index (χ4n) is 0.311. The molecule has 0 aromatic rings. The third-order valence-corrected chi connectivity index (χ3v) is 1.12. The van der Waals surface area contributed by atoms with Gasteiger partial charge in [0.2, 0.25) is 10.0 Å². The fourth-order valence-corrected chi connectivity index (χ4v) is 0.789. The molecule has 1 amide bonds. The maximum absolute atomic E-state index is 10.4. The highest BCUT2D eigenvalue weighted by Gasteiger charge is 2.08. The zero-order valence-corrected chi connectivity index (χ0v) is 6.10. The average Bonchev–Trinajstić information content (AvgIpc) is 1.59. The van der Waals surface area contributed by atoms with E-state index in [1.165, 1.54) is 0 Å². The maximum Gasteiger partial charge on any atom is 0.313 e. The summed E-state index contributed by atoms with van der Waals surface area (Å²) in [6.07, 6.45) is 0.856. The van der Waals surface area contributed by atoms with Crippen LogP contribution in [0.3, 0.4) is 0 Å². The number of nitrogens with one attached hydrogen (secondary N) is 1. The van der Waals surface area contributed by atoms with Gasteiger partial charge in [0.15, 0.2) is 0 Å². The van der Waals surface area contributed by atoms with Crippen LogP contribution in [0.25, 0.3) is 4.85 Å². The number of carbonyl (C=O) groups excluding carboxylic acids is 1. The highest BCUT2D eigenvalue weighted by molar-refractivity contribution is 7.89. The Morgan fingerprint density at radius 1 is 1.70 bits per heavy atom. The fraction of sp³-hybridized carbons (Fsp3) is 0.500. The first-order valence-electron chi connectivity index (χ1n) is 2.29. The molecule has 0 aromatic heterocycles. The number of nitrogens with zero attached hydrogens (tertiary/aromatic N) is 1. The molecular formula is C4H6N2O3S. The van der Waals surface area contributed by atoms with Gasteiger partial charge in [0.25, 0.3) is 6.54 Å². The molecule has 0 fully saturated rings. The van der Waals surface area contributed by atoms with Gasteiger partial charge in [-0.3, -0.25) is 4.79 Å². The lowest BCUT2D eigenvalue weighted by Crippen LogP contribution is -2.30. The molecular weight excluding hydrogens is 156 g/mol. The van der Waals surface area contributed by atoms with Crippen LogP contribution in [0.5, 0.6) is 0 Å². The van der Waals surface area contributed by atoms with Crippen LogP contribution in [-0.4, -0.2) is 27.1 Å². The summed E-state index contributed by atoms with van der Waals surface area (Å²) in [5.74, 6) is -0.794. The predicted octanol–water partition coefficient (Wildman–Crippen LogP) is -1.02. The Morgan fingerprint density at radius 3 is 2.50 bits per heavy atom. The lowest BCUT2D eigenvalue weighted by atomic mass is 10.7. The van der Waals surface area contributed by atoms with Crippen LogP contribution < -0.4 is 4.72 Å². The van der Waals surface area contributed by atoms with E-state index in [1.54, 1.807) is 4.72 Å². The van der Waals surface area contributed by atoms with Gasteiger partial charge in [-0.15, -0.1) is 0 Å². The van der Waals surface area contributed by atoms with Crippen molar-refractivity contribution in [3.63, 3.8) is 0 Å². The monoisotopic (exact) mass is 162 g/mol. The van der Waals surface area contributed by atoms with Gasteiger partial charge in [-0.25, -0.2) is 19.7 Å². The minimum absolute atomic E-state index is 0.451. The highest BCUT2D eigenvalue weighted by Crippen LogP contribution is 1.75. The second kappa shape index (κ2) is 3.17. The van der Waals surface area contributed by atoms with E-state index in [2.05, 4.69) is 4.85 Å². The first kappa shape index (κ1) is 8.91. The molecule has 0 unspecified atom stereocenters. The predicted molar refractivity (Wildman–Crippen MR) is 34.5 cm³/mol. The van der Waals surface area contributed by atoms with Gasteiger partial charge in [0.1, 0.15) is 0 Å². The molecule has 0 bridgehead atoms. The molecule has 0 atom stereocenters. The van der Waals surface area contributed by atoms with Gasteiger partial charge in [0.05, 0.1) is 6.26 Å². The van der Waals surface area contributed by atoms with Gasteiger partial charge >= 0.3 is 5.91 Å². The number of amides is 1. The average molecular weight is 162 g/mol. The Bertz CT molecular complexity index is 261. The van der Waals surface area contributed by atoms with E-state index in [4.69, 9.17) is 6.57 Å². The highest BCUT2D eigenvalue weighted by atomic mass is 32.2. The van der Waals surface area contributed by atoms with Crippen LogP contribution in [0.15, 0.2) is 0 Å². The van der Waals surface area contributed by atoms with Gasteiger partial charge < -0.3 is 4.85 Å². The smallest absolute Gasteiger partial charge is 0.306 e. The first-order chi connectivity index (χ1) is 4.45. The van der Waals surface area contributed by atoms with E-state index in [-0.39, 0.29) is 0 Å². The van der Waals surface area contributed by atoms with Gasteiger partial charge in [-0.1, -0.05) is 0 Å². The summed E-state index contributed by atoms with van der Waals surface area (Å²) in [4.78, 5) is 13.0. The molecule has 0 aliphatic heterocycles. The number of sulfonamides is 1. The maximum atomic E-state index is 10.4. The number of hydrogen-bond donors (Lipinski definition) is 1. The molecule has 0 aliphatic rings. The molecule has 0 radical (unpaired) electrons. The van der Waals surface area contributed by atoms with Crippen molar-refractivity contribution in [3.8, 4) is 0 Å². The molecule has 0 aromatic carbocycles. The van der Waals surface area contributed by atoms with Gasteiger partial charge in [0, 0.05) is 0 Å². The van der Waals surface area contributed by atoms with Crippen LogP contribution >= 0.6 is 0 Å². The molecule has 0 saturated heterocycles. The summed E-state index contributed by atoms with van der Waals surface area (Å²) in [6, 6.07) is 0. The van der Waals surface area contributed by atoms with Crippen molar-refractivity contribution in [3.05, 3.63) is 11.4 Å². The summed E-state index contributed by atoms with van der Waals surface area (Å²) in [5, 5.41) is 0. The Kier molecular flexibility index (Phi) is 2.83. The van der Waals surface area contributed by atoms with E-state index in [9.17, 15) is 13.2 Å². The van der Waals surface area contributed by atoms with E-state index in [1.807, 2.05) is 0 Å². The van der Waals surface area contributed by atoms with Crippen LogP contribution in [-0.2, 0) is 14.8 Å². The Morgan fingerprint density at radius 2 is 2.20 bits per heavy atom. The quantitative estimate of drug-likeness (QED) is 0.528. The zero-order valence-electron chi connectivity index (χ0n) is 5.29. The molecule has 0 heterocycles. The topological polar surface area (TPSA) is 67.6 Å². The number of hydrogen-bond acceptors (Lipinski definition) is 3. The van der Waals surface area contributed by atoms with Crippen LogP contribution in [0.4, 0.5) is 0 Å². The Balaban J connectivity index is 3.97. The van der Waals surface area contributed by atoms with Crippen molar-refractivity contribution in [2.45, 2.75) is 0 Å². The van der Waals surface area contributed by atoms with Crippen molar-refractivity contribution < 1.29 is 13.2 Å². The molecule has 56 valence electrons. The Hall–Kier alpha value is -1.09. The van der Waals surface area contributed by atoms with Crippen LogP contribution in [0.1, 0.15) is 0 Å². The zero-order chi connectivity index (χ0) is 8.20. The van der Waals surface area contributed by atoms with E-state index in [0.29, 0.717) is 0 Å². The van der Waals surface area contributed by atoms with Crippen molar-refractivity contribution >= 4 is 15.9 Å². The molecule has 0 spiro atoms. The third-order valence-electron chi connectivity index (χ3n) is 0.522. The summed E-state index contributed by atoms with van der Waals surface area (Å²) in [6.45, 7) is 5.76. The van der Waals surface area contributed by atoms with Crippen LogP contribution in [0, 0.1) is 6.57 Å². The van der Waals surface area contributed by atoms with Gasteiger partial charge in [-0.05, 0) is 0 Å². The third kappa shape index (κ3) is 5.05. The summed E-state index contributed by atoms with van der Waals surface area (Å²) in [5.41, 5.74) is 0. The van der Waals surface area contributed by atoms with Crippen molar-refractivity contribution in [1.82, 2.24) is 4.72 Å². The van der Waals surface area contributed by atoms with Crippen molar-refractivity contribution in [2.24, 2.45) is 0 Å². The second-order valence-electron chi connectivity index (χ2n) is 1.61. The van der Waals surface area contributed by atoms with E-state index >= 15 is 0 Å². The second-order valence-corrected chi connectivity index (χ2v) is 3.36. The first-order valence-corrected chi connectivity index (χ1v) is 4.18. The van der Waals surface area contributed by atoms with Crippen LogP contribution in [0.2, 0.25) is 0 Å². The minimum atomic E-state index is -3.49. The molecule has 10 heavy (non-hydrogen) atoms.